The Kier molecular flexibility index (Phi) is 8.99. The third-order valence-electron chi connectivity index (χ3n) is 6.36. The average molecular weight is 496 g/mol. The Morgan fingerprint density at radius 3 is 2.63 bits per heavy atom. The summed E-state index contributed by atoms with van der Waals surface area (Å²) in [5, 5.41) is 6.92. The number of ether oxygens (including phenoxy) is 1. The van der Waals surface area contributed by atoms with Crippen LogP contribution < -0.4 is 10.6 Å². The summed E-state index contributed by atoms with van der Waals surface area (Å²) in [6.07, 6.45) is 0.888. The number of benzene rings is 2. The first-order valence-corrected chi connectivity index (χ1v) is 12.6. The molecule has 0 bridgehead atoms. The molecule has 1 saturated heterocycles. The topological polar surface area (TPSA) is 66.7 Å². The number of amides is 1. The molecule has 2 N–H and O–H groups in total. The number of halogens is 1. The highest BCUT2D eigenvalue weighted by molar-refractivity contribution is 6.34. The van der Waals surface area contributed by atoms with Crippen molar-refractivity contribution in [2.75, 3.05) is 39.4 Å². The van der Waals surface area contributed by atoms with Crippen molar-refractivity contribution in [2.45, 2.75) is 32.9 Å². The van der Waals surface area contributed by atoms with Crippen molar-refractivity contribution >= 4 is 17.5 Å². The van der Waals surface area contributed by atoms with Gasteiger partial charge in [0, 0.05) is 31.2 Å². The number of morpholine rings is 1. The summed E-state index contributed by atoms with van der Waals surface area (Å²) in [6.45, 7) is 9.86. The highest BCUT2D eigenvalue weighted by atomic mass is 35.5. The first-order chi connectivity index (χ1) is 17.0. The lowest BCUT2D eigenvalue weighted by molar-refractivity contribution is 0.0374. The summed E-state index contributed by atoms with van der Waals surface area (Å²) in [4.78, 5) is 15.1. The molecule has 3 aromatic rings. The van der Waals surface area contributed by atoms with Crippen LogP contribution in [0.1, 0.15) is 46.6 Å². The molecule has 1 aliphatic heterocycles. The Hall–Kier alpha value is -2.64. The number of carbonyl (C=O) groups excluding carboxylic acids is 1. The maximum absolute atomic E-state index is 12.8. The van der Waals surface area contributed by atoms with Gasteiger partial charge in [-0.05, 0) is 62.7 Å². The van der Waals surface area contributed by atoms with Gasteiger partial charge in [-0.2, -0.15) is 0 Å². The van der Waals surface area contributed by atoms with Crippen molar-refractivity contribution in [1.29, 1.82) is 0 Å². The monoisotopic (exact) mass is 495 g/mol. The van der Waals surface area contributed by atoms with E-state index in [9.17, 15) is 4.79 Å². The third kappa shape index (κ3) is 7.18. The van der Waals surface area contributed by atoms with Gasteiger partial charge in [-0.3, -0.25) is 9.69 Å². The molecule has 1 fully saturated rings. The van der Waals surface area contributed by atoms with Crippen molar-refractivity contribution in [3.63, 3.8) is 0 Å². The smallest absolute Gasteiger partial charge is 0.252 e. The largest absolute Gasteiger partial charge is 0.460 e. The van der Waals surface area contributed by atoms with Gasteiger partial charge in [0.05, 0.1) is 30.3 Å². The molecule has 6 nitrogen and oxygen atoms in total. The second-order valence-corrected chi connectivity index (χ2v) is 9.44. The van der Waals surface area contributed by atoms with E-state index in [1.54, 1.807) is 12.1 Å². The molecule has 1 unspecified atom stereocenters. The van der Waals surface area contributed by atoms with Crippen LogP contribution in [0.5, 0.6) is 0 Å². The summed E-state index contributed by atoms with van der Waals surface area (Å²) < 4.78 is 11.4. The van der Waals surface area contributed by atoms with Gasteiger partial charge in [-0.1, -0.05) is 41.4 Å². The fraction of sp³-hybridized carbons (Fsp3) is 0.393. The molecular weight excluding hydrogens is 462 g/mol. The maximum atomic E-state index is 12.8. The molecule has 1 atom stereocenters. The number of carbonyl (C=O) groups is 1. The van der Waals surface area contributed by atoms with Gasteiger partial charge in [-0.25, -0.2) is 0 Å². The number of furan rings is 1. The van der Waals surface area contributed by atoms with E-state index in [1.807, 2.05) is 18.2 Å². The van der Waals surface area contributed by atoms with E-state index >= 15 is 0 Å². The van der Waals surface area contributed by atoms with Crippen molar-refractivity contribution in [2.24, 2.45) is 0 Å². The molecule has 0 radical (unpaired) electrons. The standard InChI is InChI=1S/C28H34ClN3O3/c1-20-4-6-22(7-5-20)21(2)31-19-24-9-11-27(35-24)23-8-10-26(29)25(18-23)28(33)30-12-3-13-32-14-16-34-17-15-32/h4-11,18,21,31H,3,12-17,19H2,1-2H3,(H,30,33). The van der Waals surface area contributed by atoms with Crippen molar-refractivity contribution in [3.8, 4) is 11.3 Å². The van der Waals surface area contributed by atoms with E-state index in [0.717, 1.165) is 50.6 Å². The minimum Gasteiger partial charge on any atom is -0.460 e. The quantitative estimate of drug-likeness (QED) is 0.378. The van der Waals surface area contributed by atoms with Gasteiger partial charge < -0.3 is 19.8 Å². The van der Waals surface area contributed by atoms with E-state index in [2.05, 4.69) is 53.6 Å². The minimum absolute atomic E-state index is 0.167. The molecule has 0 saturated carbocycles. The summed E-state index contributed by atoms with van der Waals surface area (Å²) in [5.41, 5.74) is 3.77. The highest BCUT2D eigenvalue weighted by Gasteiger charge is 2.15. The molecular formula is C28H34ClN3O3. The van der Waals surface area contributed by atoms with Crippen LogP contribution in [0.2, 0.25) is 5.02 Å². The first-order valence-electron chi connectivity index (χ1n) is 12.3. The Morgan fingerprint density at radius 1 is 1.09 bits per heavy atom. The van der Waals surface area contributed by atoms with Gasteiger partial charge in [0.2, 0.25) is 0 Å². The lowest BCUT2D eigenvalue weighted by atomic mass is 10.1. The fourth-order valence-corrected chi connectivity index (χ4v) is 4.34. The molecule has 0 spiro atoms. The summed E-state index contributed by atoms with van der Waals surface area (Å²) in [6, 6.07) is 18.1. The Morgan fingerprint density at radius 2 is 1.86 bits per heavy atom. The van der Waals surface area contributed by atoms with E-state index < -0.39 is 0 Å². The first kappa shape index (κ1) is 25.5. The molecule has 186 valence electrons. The van der Waals surface area contributed by atoms with Gasteiger partial charge in [-0.15, -0.1) is 0 Å². The van der Waals surface area contributed by atoms with Crippen molar-refractivity contribution in [1.82, 2.24) is 15.5 Å². The number of nitrogens with zero attached hydrogens (tertiary/aromatic N) is 1. The summed E-state index contributed by atoms with van der Waals surface area (Å²) in [5.74, 6) is 1.38. The SMILES string of the molecule is Cc1ccc(C(C)NCc2ccc(-c3ccc(Cl)c(C(=O)NCCCN4CCOCC4)c3)o2)cc1. The maximum Gasteiger partial charge on any atom is 0.252 e. The van der Waals surface area contributed by atoms with Crippen LogP contribution in [0.25, 0.3) is 11.3 Å². The second kappa shape index (κ2) is 12.4. The van der Waals surface area contributed by atoms with Gasteiger partial charge in [0.25, 0.3) is 5.91 Å². The van der Waals surface area contributed by atoms with Crippen molar-refractivity contribution in [3.05, 3.63) is 82.1 Å². The van der Waals surface area contributed by atoms with Crippen molar-refractivity contribution < 1.29 is 13.9 Å². The predicted molar refractivity (Wildman–Crippen MR) is 140 cm³/mol. The normalized spacial score (nSPS) is 15.2. The van der Waals surface area contributed by atoms with Crippen LogP contribution in [0.3, 0.4) is 0 Å². The van der Waals surface area contributed by atoms with Crippen LogP contribution in [0, 0.1) is 6.92 Å². The molecule has 2 aromatic carbocycles. The number of nitrogens with one attached hydrogen (secondary N) is 2. The molecule has 2 heterocycles. The molecule has 4 rings (SSSR count). The van der Waals surface area contributed by atoms with Crippen LogP contribution in [0.4, 0.5) is 0 Å². The zero-order chi connectivity index (χ0) is 24.6. The highest BCUT2D eigenvalue weighted by Crippen LogP contribution is 2.27. The zero-order valence-corrected chi connectivity index (χ0v) is 21.2. The number of rotatable bonds is 10. The van der Waals surface area contributed by atoms with E-state index in [1.165, 1.54) is 11.1 Å². The molecule has 1 aromatic heterocycles. The van der Waals surface area contributed by atoms with E-state index in [-0.39, 0.29) is 11.9 Å². The van der Waals surface area contributed by atoms with Crippen LogP contribution in [0.15, 0.2) is 59.0 Å². The number of hydrogen-bond acceptors (Lipinski definition) is 5. The van der Waals surface area contributed by atoms with Gasteiger partial charge >= 0.3 is 0 Å². The molecule has 1 amide bonds. The number of hydrogen-bond donors (Lipinski definition) is 2. The summed E-state index contributed by atoms with van der Waals surface area (Å²) in [7, 11) is 0. The van der Waals surface area contributed by atoms with Gasteiger partial charge in [0.1, 0.15) is 11.5 Å². The van der Waals surface area contributed by atoms with Crippen LogP contribution >= 0.6 is 11.6 Å². The predicted octanol–water partition coefficient (Wildman–Crippen LogP) is 5.21. The summed E-state index contributed by atoms with van der Waals surface area (Å²) >= 11 is 6.35. The van der Waals surface area contributed by atoms with Gasteiger partial charge in [0.15, 0.2) is 0 Å². The minimum atomic E-state index is -0.167. The average Bonchev–Trinajstić information content (AvgIpc) is 3.35. The van der Waals surface area contributed by atoms with Crippen LogP contribution in [-0.2, 0) is 11.3 Å². The molecule has 0 aliphatic carbocycles. The van der Waals surface area contributed by atoms with Crippen LogP contribution in [-0.4, -0.2) is 50.2 Å². The lowest BCUT2D eigenvalue weighted by Gasteiger charge is -2.26. The fourth-order valence-electron chi connectivity index (χ4n) is 4.13. The molecule has 35 heavy (non-hydrogen) atoms. The van der Waals surface area contributed by atoms with E-state index in [0.29, 0.717) is 29.4 Å². The van der Waals surface area contributed by atoms with E-state index in [4.69, 9.17) is 20.8 Å². The zero-order valence-electron chi connectivity index (χ0n) is 20.5. The Bertz CT molecular complexity index is 1110. The lowest BCUT2D eigenvalue weighted by Crippen LogP contribution is -2.38. The molecule has 7 heteroatoms. The Balaban J connectivity index is 1.31. The number of aryl methyl sites for hydroxylation is 1. The third-order valence-corrected chi connectivity index (χ3v) is 6.69. The second-order valence-electron chi connectivity index (χ2n) is 9.04. The molecule has 1 aliphatic rings. The Labute approximate surface area is 212 Å².